The van der Waals surface area contributed by atoms with Crippen molar-refractivity contribution in [3.8, 4) is 23.0 Å². The molecule has 59 heavy (non-hydrogen) atoms. The number of hydrogen-bond donors (Lipinski definition) is 10. The minimum Gasteiger partial charge on any atom is -0.504 e. The first-order valence-electron chi connectivity index (χ1n) is 17.9. The van der Waals surface area contributed by atoms with Crippen molar-refractivity contribution >= 4 is 98.6 Å². The molecule has 0 aromatic heterocycles. The van der Waals surface area contributed by atoms with Crippen LogP contribution in [0.3, 0.4) is 0 Å². The third-order valence-electron chi connectivity index (χ3n) is 10.1. The van der Waals surface area contributed by atoms with Gasteiger partial charge in [0.05, 0.1) is 27.8 Å². The summed E-state index contributed by atoms with van der Waals surface area (Å²) in [4.78, 5) is 44.9. The molecule has 1 saturated carbocycles. The van der Waals surface area contributed by atoms with Crippen LogP contribution >= 0.6 is 63.7 Å². The molecule has 24 heteroatoms. The molecule has 320 valence electrons. The Morgan fingerprint density at radius 2 is 1.51 bits per heavy atom. The molecule has 0 saturated heterocycles. The molecule has 1 spiro atoms. The van der Waals surface area contributed by atoms with E-state index < -0.39 is 83.6 Å². The smallest absolute Gasteiger partial charge is 0.269 e. The normalized spacial score (nSPS) is 32.0. The lowest BCUT2D eigenvalue weighted by Gasteiger charge is -2.47. The molecule has 2 aromatic rings. The standard InChI is InChI=1S/C35H38Br4N6O14/c36-16-6-14-7-17(43-54)31(50)40-4-1-5-56-28-20(46)10-15(24(37)25(28)38)9-18-32(51)41-12-21(47)26(49)22(48)13-42-33(52)19(44-55)11-34(53)2-3-35(29(39)30(34)59-45-18)57-23(8-14)27(16)58-35/h6,8,10,21-22,26,29-30,46-49,53-55H,1-5,7,9,11-13H2,(H,40,50)(H,41,51)(H,42,52)/b43-17+,44-19+,45-18+/t21-,22-,26-,29+,30-,34-,35+/m1/s1. The number of amides is 3. The largest absolute Gasteiger partial charge is 0.504 e. The topological polar surface area (TPSA) is 303 Å². The number of carbonyl (C=O) groups excluding carboxylic acids is 3. The predicted molar refractivity (Wildman–Crippen MR) is 218 cm³/mol. The summed E-state index contributed by atoms with van der Waals surface area (Å²) >= 11 is 13.9. The molecule has 0 unspecified atom stereocenters. The van der Waals surface area contributed by atoms with E-state index in [4.69, 9.17) is 19.0 Å². The van der Waals surface area contributed by atoms with Crippen LogP contribution in [0, 0.1) is 0 Å². The van der Waals surface area contributed by atoms with Gasteiger partial charge in [0.25, 0.3) is 23.5 Å². The van der Waals surface area contributed by atoms with E-state index in [9.17, 15) is 50.3 Å². The average molecular weight is 1090 g/mol. The lowest BCUT2D eigenvalue weighted by Crippen LogP contribution is -2.65. The Morgan fingerprint density at radius 3 is 2.20 bits per heavy atom. The van der Waals surface area contributed by atoms with E-state index in [0.717, 1.165) is 0 Å². The highest BCUT2D eigenvalue weighted by Crippen LogP contribution is 2.54. The molecule has 7 atom stereocenters. The highest BCUT2D eigenvalue weighted by atomic mass is 79.9. The number of alkyl halides is 1. The summed E-state index contributed by atoms with van der Waals surface area (Å²) in [5.41, 5.74) is -2.58. The van der Waals surface area contributed by atoms with Crippen LogP contribution in [-0.4, -0.2) is 138 Å². The second-order valence-electron chi connectivity index (χ2n) is 14.1. The zero-order chi connectivity index (χ0) is 42.8. The van der Waals surface area contributed by atoms with Gasteiger partial charge in [0.15, 0.2) is 29.1 Å². The number of rotatable bonds is 0. The fourth-order valence-electron chi connectivity index (χ4n) is 6.83. The fraction of sp³-hybridized carbons (Fsp3) is 0.486. The summed E-state index contributed by atoms with van der Waals surface area (Å²) in [7, 11) is 0. The van der Waals surface area contributed by atoms with Crippen LogP contribution < -0.4 is 30.2 Å². The molecule has 2 aromatic carbocycles. The molecule has 10 N–H and O–H groups in total. The van der Waals surface area contributed by atoms with Gasteiger partial charge in [0.2, 0.25) is 0 Å². The number of halogens is 4. The zero-order valence-electron chi connectivity index (χ0n) is 30.5. The van der Waals surface area contributed by atoms with Gasteiger partial charge in [0.1, 0.15) is 33.7 Å². The van der Waals surface area contributed by atoms with E-state index in [1.807, 2.05) is 0 Å². The zero-order valence-corrected chi connectivity index (χ0v) is 36.9. The maximum absolute atomic E-state index is 13.8. The molecule has 20 nitrogen and oxygen atoms in total. The highest BCUT2D eigenvalue weighted by Gasteiger charge is 2.63. The van der Waals surface area contributed by atoms with E-state index in [1.54, 1.807) is 12.1 Å². The highest BCUT2D eigenvalue weighted by molar-refractivity contribution is 9.13. The Hall–Kier alpha value is -3.78. The first-order valence-corrected chi connectivity index (χ1v) is 21.2. The molecule has 1 aliphatic carbocycles. The van der Waals surface area contributed by atoms with Gasteiger partial charge in [-0.15, -0.1) is 0 Å². The van der Waals surface area contributed by atoms with Crippen LogP contribution in [0.4, 0.5) is 0 Å². The van der Waals surface area contributed by atoms with Crippen molar-refractivity contribution in [1.29, 1.82) is 0 Å². The number of benzene rings is 2. The third-order valence-corrected chi connectivity index (χ3v) is 14.0. The van der Waals surface area contributed by atoms with Gasteiger partial charge in [0, 0.05) is 49.8 Å². The van der Waals surface area contributed by atoms with Gasteiger partial charge in [-0.3, -0.25) is 14.4 Å². The minimum atomic E-state index is -2.12. The Kier molecular flexibility index (Phi) is 14.0. The summed E-state index contributed by atoms with van der Waals surface area (Å²) in [6.45, 7) is -1.11. The molecule has 4 heterocycles. The van der Waals surface area contributed by atoms with Crippen molar-refractivity contribution < 1.29 is 69.4 Å². The quantitative estimate of drug-likeness (QED) is 0.101. The van der Waals surface area contributed by atoms with Crippen molar-refractivity contribution in [2.24, 2.45) is 15.5 Å². The minimum absolute atomic E-state index is 0.0227. The number of nitrogens with zero attached hydrogens (tertiary/aromatic N) is 3. The Morgan fingerprint density at radius 1 is 0.831 bits per heavy atom. The summed E-state index contributed by atoms with van der Waals surface area (Å²) < 4.78 is 19.6. The molecule has 0 radical (unpaired) electrons. The number of aliphatic hydroxyl groups excluding tert-OH is 3. The van der Waals surface area contributed by atoms with Gasteiger partial charge < -0.3 is 70.9 Å². The van der Waals surface area contributed by atoms with Crippen molar-refractivity contribution in [3.05, 3.63) is 42.7 Å². The maximum atomic E-state index is 13.8. The first kappa shape index (κ1) is 44.8. The lowest BCUT2D eigenvalue weighted by molar-refractivity contribution is -0.203. The van der Waals surface area contributed by atoms with Crippen LogP contribution in [0.25, 0.3) is 0 Å². The van der Waals surface area contributed by atoms with E-state index in [-0.39, 0.29) is 89.7 Å². The number of oxime groups is 3. The molecular weight excluding hydrogens is 1050 g/mol. The number of fused-ring (bicyclic) bond motifs is 9. The van der Waals surface area contributed by atoms with Crippen molar-refractivity contribution in [3.63, 3.8) is 0 Å². The van der Waals surface area contributed by atoms with Gasteiger partial charge in [-0.2, -0.15) is 0 Å². The number of phenols is 1. The Balaban J connectivity index is 1.47. The number of hydrogen-bond acceptors (Lipinski definition) is 17. The van der Waals surface area contributed by atoms with Crippen LogP contribution in [0.15, 0.2) is 47.1 Å². The maximum Gasteiger partial charge on any atom is 0.269 e. The fourth-order valence-corrected chi connectivity index (χ4v) is 9.41. The Labute approximate surface area is 368 Å². The second kappa shape index (κ2) is 18.5. The Bertz CT molecular complexity index is 2090. The van der Waals surface area contributed by atoms with E-state index in [1.165, 1.54) is 6.07 Å². The van der Waals surface area contributed by atoms with Crippen LogP contribution in [0.2, 0.25) is 0 Å². The number of carbonyl (C=O) groups is 3. The monoisotopic (exact) mass is 1080 g/mol. The van der Waals surface area contributed by atoms with Gasteiger partial charge in [-0.05, 0) is 90.0 Å². The third kappa shape index (κ3) is 9.43. The van der Waals surface area contributed by atoms with Crippen molar-refractivity contribution in [2.75, 3.05) is 26.2 Å². The summed E-state index contributed by atoms with van der Waals surface area (Å²) in [6.07, 6.45) is -8.20. The molecule has 3 amide bonds. The lowest BCUT2D eigenvalue weighted by atomic mass is 9.75. The average Bonchev–Trinajstić information content (AvgIpc) is 3.60. The van der Waals surface area contributed by atoms with Crippen molar-refractivity contribution in [1.82, 2.24) is 16.0 Å². The molecule has 7 rings (SSSR count). The molecule has 1 fully saturated rings. The van der Waals surface area contributed by atoms with Crippen molar-refractivity contribution in [2.45, 2.75) is 79.2 Å². The predicted octanol–water partition coefficient (Wildman–Crippen LogP) is 1.24. The summed E-state index contributed by atoms with van der Waals surface area (Å²) in [5.74, 6) is -4.17. The number of ether oxygens (including phenoxy) is 3. The molecule has 5 aliphatic rings. The van der Waals surface area contributed by atoms with E-state index >= 15 is 0 Å². The van der Waals surface area contributed by atoms with Crippen LogP contribution in [0.1, 0.15) is 36.8 Å². The number of nitrogens with one attached hydrogen (secondary N) is 3. The SMILES string of the molecule is O=C1NCCCOc2c(O)cc(c(Br)c2Br)C/C2=N\O[C@@H]3[C@H](Br)[C@@]4(CC[C@@]3(O)C/C(=N\O)C(=O)NC[C@@H](O)[C@H](O)[C@H](O)CNC2=O)Oc2cc(cc(Br)c2O4)C/C1=N\O. The van der Waals surface area contributed by atoms with E-state index in [0.29, 0.717) is 14.5 Å². The molecule has 7 bridgehead atoms. The second-order valence-corrected chi connectivity index (χ2v) is 17.6. The van der Waals surface area contributed by atoms with Gasteiger partial charge in [-0.1, -0.05) is 31.4 Å². The van der Waals surface area contributed by atoms with E-state index in [2.05, 4.69) is 95.1 Å². The van der Waals surface area contributed by atoms with Crippen LogP contribution in [0.5, 0.6) is 23.0 Å². The van der Waals surface area contributed by atoms with Crippen LogP contribution in [-0.2, 0) is 32.1 Å². The number of phenolic OH excluding ortho intramolecular Hbond substituents is 1. The summed E-state index contributed by atoms with van der Waals surface area (Å²) in [5, 5.41) is 92.7. The number of β-amino-alcohol motifs (C(OH)–C–C–N with tert-alkyl or cyclic N) is 2. The molecular formula is C35H38Br4N6O14. The number of aliphatic hydroxyl groups is 4. The van der Waals surface area contributed by atoms with Gasteiger partial charge in [-0.25, -0.2) is 0 Å². The number of aromatic hydroxyl groups is 1. The van der Waals surface area contributed by atoms with Gasteiger partial charge >= 0.3 is 0 Å². The first-order chi connectivity index (χ1) is 28.0. The summed E-state index contributed by atoms with van der Waals surface area (Å²) in [6, 6.07) is 4.50. The molecule has 4 aliphatic heterocycles.